The molecule has 0 unspecified atom stereocenters. The highest BCUT2D eigenvalue weighted by atomic mass is 16.6. The number of fused-ring (bicyclic) bond motifs is 2. The van der Waals surface area contributed by atoms with Crippen LogP contribution in [0.3, 0.4) is 0 Å². The average Bonchev–Trinajstić information content (AvgIpc) is 3.02. The summed E-state index contributed by atoms with van der Waals surface area (Å²) in [5.41, 5.74) is 5.02. The standard InChI is InChI=1S/C21H22N4O3/c1-3-28-21(27)25-9-8-15-14(12-25)10-22-11-17(15)20(26)24-19-13(2)23-18-7-5-4-6-16(18)19/h4-7,10-11,23H,3,8-9,12H2,1-2H3,(H,24,26). The number of carbonyl (C=O) groups excluding carboxylic acids is 2. The molecule has 1 aliphatic rings. The number of rotatable bonds is 3. The summed E-state index contributed by atoms with van der Waals surface area (Å²) in [6.07, 6.45) is 3.57. The molecule has 3 aromatic rings. The average molecular weight is 378 g/mol. The van der Waals surface area contributed by atoms with Gasteiger partial charge in [0.25, 0.3) is 5.91 Å². The number of aromatic amines is 1. The first-order valence-electron chi connectivity index (χ1n) is 9.34. The quantitative estimate of drug-likeness (QED) is 0.728. The Morgan fingerprint density at radius 1 is 1.29 bits per heavy atom. The Kier molecular flexibility index (Phi) is 4.73. The first-order chi connectivity index (χ1) is 13.6. The summed E-state index contributed by atoms with van der Waals surface area (Å²) < 4.78 is 5.08. The van der Waals surface area contributed by atoms with E-state index in [9.17, 15) is 9.59 Å². The molecule has 7 heteroatoms. The van der Waals surface area contributed by atoms with Gasteiger partial charge in [0.1, 0.15) is 0 Å². The van der Waals surface area contributed by atoms with Crippen molar-refractivity contribution in [2.45, 2.75) is 26.8 Å². The zero-order valence-corrected chi connectivity index (χ0v) is 15.9. The van der Waals surface area contributed by atoms with Crippen LogP contribution in [0.1, 0.15) is 34.1 Å². The van der Waals surface area contributed by atoms with Crippen LogP contribution in [0.2, 0.25) is 0 Å². The van der Waals surface area contributed by atoms with Crippen molar-refractivity contribution in [2.24, 2.45) is 0 Å². The molecular formula is C21H22N4O3. The number of amides is 2. The van der Waals surface area contributed by atoms with Gasteiger partial charge in [0, 0.05) is 35.5 Å². The highest BCUT2D eigenvalue weighted by Gasteiger charge is 2.26. The number of nitrogens with one attached hydrogen (secondary N) is 2. The Bertz CT molecular complexity index is 1060. The molecule has 0 aliphatic carbocycles. The number of H-pyrrole nitrogens is 1. The third-order valence-electron chi connectivity index (χ3n) is 5.04. The van der Waals surface area contributed by atoms with Gasteiger partial charge in [-0.1, -0.05) is 18.2 Å². The van der Waals surface area contributed by atoms with Gasteiger partial charge < -0.3 is 19.9 Å². The van der Waals surface area contributed by atoms with Crippen LogP contribution in [0.5, 0.6) is 0 Å². The van der Waals surface area contributed by atoms with Gasteiger partial charge in [-0.3, -0.25) is 9.78 Å². The van der Waals surface area contributed by atoms with E-state index in [1.165, 1.54) is 0 Å². The van der Waals surface area contributed by atoms with Gasteiger partial charge in [-0.25, -0.2) is 4.79 Å². The van der Waals surface area contributed by atoms with E-state index in [-0.39, 0.29) is 12.0 Å². The molecule has 1 aromatic carbocycles. The molecule has 7 nitrogen and oxygen atoms in total. The third-order valence-corrected chi connectivity index (χ3v) is 5.04. The second kappa shape index (κ2) is 7.34. The fourth-order valence-corrected chi connectivity index (χ4v) is 3.68. The molecule has 4 rings (SSSR count). The number of carbonyl (C=O) groups is 2. The number of hydrogen-bond acceptors (Lipinski definition) is 4. The summed E-state index contributed by atoms with van der Waals surface area (Å²) in [5, 5.41) is 4.01. The van der Waals surface area contributed by atoms with Crippen LogP contribution < -0.4 is 5.32 Å². The molecule has 0 radical (unpaired) electrons. The van der Waals surface area contributed by atoms with Crippen LogP contribution in [-0.2, 0) is 17.7 Å². The molecule has 28 heavy (non-hydrogen) atoms. The molecule has 0 fully saturated rings. The Labute approximate surface area is 162 Å². The Hall–Kier alpha value is -3.35. The van der Waals surface area contributed by atoms with Crippen LogP contribution >= 0.6 is 0 Å². The van der Waals surface area contributed by atoms with Gasteiger partial charge in [0.05, 0.1) is 24.4 Å². The first kappa shape index (κ1) is 18.0. The van der Waals surface area contributed by atoms with Gasteiger partial charge in [0.15, 0.2) is 0 Å². The van der Waals surface area contributed by atoms with Crippen molar-refractivity contribution in [3.05, 3.63) is 59.0 Å². The Morgan fingerprint density at radius 2 is 2.11 bits per heavy atom. The van der Waals surface area contributed by atoms with Gasteiger partial charge in [-0.05, 0) is 37.5 Å². The zero-order chi connectivity index (χ0) is 19.7. The summed E-state index contributed by atoms with van der Waals surface area (Å²) >= 11 is 0. The number of anilines is 1. The molecule has 144 valence electrons. The van der Waals surface area contributed by atoms with Crippen molar-refractivity contribution >= 4 is 28.6 Å². The summed E-state index contributed by atoms with van der Waals surface area (Å²) in [5.74, 6) is -0.193. The van der Waals surface area contributed by atoms with Gasteiger partial charge in [0.2, 0.25) is 0 Å². The van der Waals surface area contributed by atoms with Crippen molar-refractivity contribution in [1.82, 2.24) is 14.9 Å². The SMILES string of the molecule is CCOC(=O)N1CCc2c(cncc2C(=O)Nc2c(C)[nH]c3ccccc23)C1. The largest absolute Gasteiger partial charge is 0.450 e. The molecule has 0 spiro atoms. The van der Waals surface area contributed by atoms with E-state index < -0.39 is 0 Å². The lowest BCUT2D eigenvalue weighted by Gasteiger charge is -2.28. The monoisotopic (exact) mass is 378 g/mol. The third kappa shape index (κ3) is 3.19. The summed E-state index contributed by atoms with van der Waals surface area (Å²) in [7, 11) is 0. The molecule has 2 N–H and O–H groups in total. The molecule has 0 bridgehead atoms. The van der Waals surface area contributed by atoms with E-state index in [4.69, 9.17) is 4.74 Å². The van der Waals surface area contributed by atoms with Crippen molar-refractivity contribution in [3.8, 4) is 0 Å². The molecule has 2 aromatic heterocycles. The van der Waals surface area contributed by atoms with Gasteiger partial charge in [-0.15, -0.1) is 0 Å². The number of ether oxygens (including phenoxy) is 1. The maximum Gasteiger partial charge on any atom is 0.410 e. The molecule has 0 saturated carbocycles. The van der Waals surface area contributed by atoms with Crippen LogP contribution in [0, 0.1) is 6.92 Å². The topological polar surface area (TPSA) is 87.3 Å². The van der Waals surface area contributed by atoms with E-state index in [0.717, 1.165) is 33.4 Å². The number of pyridine rings is 1. The molecule has 0 saturated heterocycles. The van der Waals surface area contributed by atoms with E-state index >= 15 is 0 Å². The number of para-hydroxylation sites is 1. The van der Waals surface area contributed by atoms with Crippen molar-refractivity contribution in [2.75, 3.05) is 18.5 Å². The van der Waals surface area contributed by atoms with Crippen LogP contribution in [0.25, 0.3) is 10.9 Å². The molecular weight excluding hydrogens is 356 g/mol. The summed E-state index contributed by atoms with van der Waals surface area (Å²) in [4.78, 5) is 34.2. The van der Waals surface area contributed by atoms with Crippen LogP contribution in [-0.4, -0.2) is 40.0 Å². The lowest BCUT2D eigenvalue weighted by atomic mass is 9.97. The highest BCUT2D eigenvalue weighted by molar-refractivity contribution is 6.10. The van der Waals surface area contributed by atoms with Crippen LogP contribution in [0.4, 0.5) is 10.5 Å². The second-order valence-electron chi connectivity index (χ2n) is 6.82. The normalized spacial score (nSPS) is 13.3. The Balaban J connectivity index is 1.60. The van der Waals surface area contributed by atoms with Crippen molar-refractivity contribution in [3.63, 3.8) is 0 Å². The number of nitrogens with zero attached hydrogens (tertiary/aromatic N) is 2. The van der Waals surface area contributed by atoms with Crippen LogP contribution in [0.15, 0.2) is 36.7 Å². The number of aryl methyl sites for hydroxylation is 1. The van der Waals surface area contributed by atoms with E-state index in [1.54, 1.807) is 24.2 Å². The zero-order valence-electron chi connectivity index (χ0n) is 15.9. The lowest BCUT2D eigenvalue weighted by molar-refractivity contribution is 0.101. The molecule has 2 amide bonds. The fraction of sp³-hybridized carbons (Fsp3) is 0.286. The maximum atomic E-state index is 13.0. The fourth-order valence-electron chi connectivity index (χ4n) is 3.68. The minimum Gasteiger partial charge on any atom is -0.450 e. The van der Waals surface area contributed by atoms with E-state index in [1.807, 2.05) is 31.2 Å². The van der Waals surface area contributed by atoms with E-state index in [2.05, 4.69) is 15.3 Å². The minimum absolute atomic E-state index is 0.193. The predicted molar refractivity (Wildman–Crippen MR) is 106 cm³/mol. The van der Waals surface area contributed by atoms with Gasteiger partial charge in [-0.2, -0.15) is 0 Å². The molecule has 3 heterocycles. The smallest absolute Gasteiger partial charge is 0.410 e. The Morgan fingerprint density at radius 3 is 2.93 bits per heavy atom. The maximum absolute atomic E-state index is 13.0. The van der Waals surface area contributed by atoms with Crippen molar-refractivity contribution in [1.29, 1.82) is 0 Å². The summed E-state index contributed by atoms with van der Waals surface area (Å²) in [6.45, 7) is 4.97. The molecule has 1 aliphatic heterocycles. The lowest BCUT2D eigenvalue weighted by Crippen LogP contribution is -2.37. The summed E-state index contributed by atoms with van der Waals surface area (Å²) in [6, 6.07) is 7.86. The van der Waals surface area contributed by atoms with Gasteiger partial charge >= 0.3 is 6.09 Å². The minimum atomic E-state index is -0.336. The number of benzene rings is 1. The van der Waals surface area contributed by atoms with Crippen molar-refractivity contribution < 1.29 is 14.3 Å². The number of hydrogen-bond donors (Lipinski definition) is 2. The van der Waals surface area contributed by atoms with E-state index in [0.29, 0.717) is 31.7 Å². The predicted octanol–water partition coefficient (Wildman–Crippen LogP) is 3.64. The number of aromatic nitrogens is 2. The second-order valence-corrected chi connectivity index (χ2v) is 6.82. The first-order valence-corrected chi connectivity index (χ1v) is 9.34. The molecule has 0 atom stereocenters. The highest BCUT2D eigenvalue weighted by Crippen LogP contribution is 2.28.